The predicted octanol–water partition coefficient (Wildman–Crippen LogP) is 5.00. The van der Waals surface area contributed by atoms with Gasteiger partial charge in [0.1, 0.15) is 11.6 Å². The van der Waals surface area contributed by atoms with Gasteiger partial charge in [0.25, 0.3) is 0 Å². The predicted molar refractivity (Wildman–Crippen MR) is 126 cm³/mol. The number of methoxy groups -OCH3 is 1. The third-order valence-corrected chi connectivity index (χ3v) is 6.31. The van der Waals surface area contributed by atoms with Crippen molar-refractivity contribution >= 4 is 35.0 Å². The van der Waals surface area contributed by atoms with Crippen molar-refractivity contribution in [1.29, 1.82) is 0 Å². The molecule has 0 spiro atoms. The van der Waals surface area contributed by atoms with Crippen LogP contribution in [0.4, 0.5) is 5.69 Å². The van der Waals surface area contributed by atoms with Gasteiger partial charge in [-0.1, -0.05) is 41.6 Å². The first-order chi connectivity index (χ1) is 14.9. The highest BCUT2D eigenvalue weighted by Gasteiger charge is 2.12. The molecule has 1 N–H and O–H groups in total. The van der Waals surface area contributed by atoms with E-state index in [1.54, 1.807) is 19.2 Å². The molecule has 0 unspecified atom stereocenters. The van der Waals surface area contributed by atoms with Crippen LogP contribution < -0.4 is 10.1 Å². The third kappa shape index (κ3) is 6.24. The second-order valence-electron chi connectivity index (χ2n) is 7.41. The Balaban J connectivity index is 1.50. The van der Waals surface area contributed by atoms with Crippen LogP contribution in [0.5, 0.6) is 5.75 Å². The number of carbonyl (C=O) groups is 1. The molecule has 0 saturated heterocycles. The number of carbonyl (C=O) groups excluding carboxylic acids is 1. The molecule has 2 aromatic carbocycles. The number of benzene rings is 2. The smallest absolute Gasteiger partial charge is 0.234 e. The summed E-state index contributed by atoms with van der Waals surface area (Å²) >= 11 is 7.39. The molecule has 1 heterocycles. The number of rotatable bonds is 9. The number of aromatic nitrogens is 3. The molecule has 0 radical (unpaired) electrons. The molecule has 0 aliphatic heterocycles. The number of anilines is 1. The minimum absolute atomic E-state index is 0.102. The molecule has 0 bridgehead atoms. The molecule has 0 aliphatic carbocycles. The molecule has 0 atom stereocenters. The first-order valence-corrected chi connectivity index (χ1v) is 11.4. The zero-order valence-electron chi connectivity index (χ0n) is 18.2. The number of thioether (sulfide) groups is 1. The average Bonchev–Trinajstić information content (AvgIpc) is 3.09. The normalized spacial score (nSPS) is 10.9. The van der Waals surface area contributed by atoms with Crippen molar-refractivity contribution in [2.75, 3.05) is 18.2 Å². The molecule has 3 aromatic rings. The number of nitrogens with zero attached hydrogens (tertiary/aromatic N) is 3. The molecule has 0 saturated carbocycles. The van der Waals surface area contributed by atoms with Crippen molar-refractivity contribution in [2.24, 2.45) is 7.05 Å². The molecular formula is C23H27ClN4O2S. The Morgan fingerprint density at radius 2 is 1.94 bits per heavy atom. The molecule has 6 nitrogen and oxygen atoms in total. The number of halogens is 1. The van der Waals surface area contributed by atoms with Crippen LogP contribution in [-0.2, 0) is 24.7 Å². The van der Waals surface area contributed by atoms with Crippen LogP contribution in [0.25, 0.3) is 0 Å². The number of ether oxygens (including phenoxy) is 1. The van der Waals surface area contributed by atoms with Gasteiger partial charge >= 0.3 is 0 Å². The van der Waals surface area contributed by atoms with Crippen LogP contribution in [0.1, 0.15) is 28.9 Å². The van der Waals surface area contributed by atoms with E-state index in [0.717, 1.165) is 52.8 Å². The third-order valence-electron chi connectivity index (χ3n) is 5.06. The standard InChI is InChI=1S/C23H27ClN4O2S/c1-15-8-10-18(24)13-19(15)25-22(29)14-31-23-27-26-21(28(23)3)7-5-6-17-9-11-20(30-4)16(2)12-17/h8-13H,5-7,14H2,1-4H3,(H,25,29). The fraction of sp³-hybridized carbons (Fsp3) is 0.348. The van der Waals surface area contributed by atoms with Crippen molar-refractivity contribution < 1.29 is 9.53 Å². The number of hydrogen-bond donors (Lipinski definition) is 1. The highest BCUT2D eigenvalue weighted by Crippen LogP contribution is 2.22. The van der Waals surface area contributed by atoms with Gasteiger partial charge in [0.15, 0.2) is 5.16 Å². The number of nitrogens with one attached hydrogen (secondary N) is 1. The van der Waals surface area contributed by atoms with Gasteiger partial charge in [0, 0.05) is 24.2 Å². The topological polar surface area (TPSA) is 69.0 Å². The minimum Gasteiger partial charge on any atom is -0.496 e. The lowest BCUT2D eigenvalue weighted by Crippen LogP contribution is -2.15. The van der Waals surface area contributed by atoms with E-state index in [1.807, 2.05) is 30.7 Å². The average molecular weight is 459 g/mol. The van der Waals surface area contributed by atoms with Crippen LogP contribution in [0, 0.1) is 13.8 Å². The van der Waals surface area contributed by atoms with Gasteiger partial charge in [0.05, 0.1) is 12.9 Å². The summed E-state index contributed by atoms with van der Waals surface area (Å²) in [6, 6.07) is 11.7. The Morgan fingerprint density at radius 3 is 2.68 bits per heavy atom. The van der Waals surface area contributed by atoms with E-state index in [-0.39, 0.29) is 11.7 Å². The van der Waals surface area contributed by atoms with Gasteiger partial charge in [-0.05, 0) is 61.6 Å². The SMILES string of the molecule is COc1ccc(CCCc2nnc(SCC(=O)Nc3cc(Cl)ccc3C)n2C)cc1C. The quantitative estimate of drug-likeness (QED) is 0.457. The number of aryl methyl sites for hydroxylation is 4. The van der Waals surface area contributed by atoms with Crippen LogP contribution in [-0.4, -0.2) is 33.5 Å². The molecule has 164 valence electrons. The molecule has 31 heavy (non-hydrogen) atoms. The van der Waals surface area contributed by atoms with Crippen molar-refractivity contribution in [3.05, 3.63) is 63.9 Å². The molecule has 1 aromatic heterocycles. The summed E-state index contributed by atoms with van der Waals surface area (Å²) in [7, 11) is 3.63. The van der Waals surface area contributed by atoms with Gasteiger partial charge in [-0.15, -0.1) is 10.2 Å². The molecular weight excluding hydrogens is 432 g/mol. The first-order valence-electron chi connectivity index (χ1n) is 10.1. The largest absolute Gasteiger partial charge is 0.496 e. The van der Waals surface area contributed by atoms with E-state index in [9.17, 15) is 4.79 Å². The fourth-order valence-electron chi connectivity index (χ4n) is 3.28. The summed E-state index contributed by atoms with van der Waals surface area (Å²) in [5.74, 6) is 1.98. The van der Waals surface area contributed by atoms with Crippen LogP contribution >= 0.6 is 23.4 Å². The summed E-state index contributed by atoms with van der Waals surface area (Å²) in [4.78, 5) is 12.3. The van der Waals surface area contributed by atoms with Gasteiger partial charge < -0.3 is 14.6 Å². The maximum absolute atomic E-state index is 12.3. The minimum atomic E-state index is -0.102. The molecule has 1 amide bonds. The maximum Gasteiger partial charge on any atom is 0.234 e. The molecule has 0 fully saturated rings. The zero-order chi connectivity index (χ0) is 22.4. The van der Waals surface area contributed by atoms with E-state index < -0.39 is 0 Å². The maximum atomic E-state index is 12.3. The summed E-state index contributed by atoms with van der Waals surface area (Å²) < 4.78 is 7.28. The first kappa shape index (κ1) is 23.2. The Bertz CT molecular complexity index is 1070. The van der Waals surface area contributed by atoms with Crippen LogP contribution in [0.3, 0.4) is 0 Å². The van der Waals surface area contributed by atoms with E-state index in [2.05, 4.69) is 34.6 Å². The van der Waals surface area contributed by atoms with Crippen molar-refractivity contribution in [3.63, 3.8) is 0 Å². The Labute approximate surface area is 192 Å². The summed E-state index contributed by atoms with van der Waals surface area (Å²) in [5.41, 5.74) is 4.12. The Hall–Kier alpha value is -2.51. The van der Waals surface area contributed by atoms with E-state index >= 15 is 0 Å². The lowest BCUT2D eigenvalue weighted by Gasteiger charge is -2.09. The summed E-state index contributed by atoms with van der Waals surface area (Å²) in [5, 5.41) is 12.8. The summed E-state index contributed by atoms with van der Waals surface area (Å²) in [6.07, 6.45) is 2.75. The van der Waals surface area contributed by atoms with Crippen molar-refractivity contribution in [3.8, 4) is 5.75 Å². The number of hydrogen-bond acceptors (Lipinski definition) is 5. The lowest BCUT2D eigenvalue weighted by molar-refractivity contribution is -0.113. The molecule has 8 heteroatoms. The van der Waals surface area contributed by atoms with E-state index in [1.165, 1.54) is 17.3 Å². The lowest BCUT2D eigenvalue weighted by atomic mass is 10.0. The number of amides is 1. The van der Waals surface area contributed by atoms with Crippen molar-refractivity contribution in [2.45, 2.75) is 38.3 Å². The summed E-state index contributed by atoms with van der Waals surface area (Å²) in [6.45, 7) is 3.99. The van der Waals surface area contributed by atoms with Gasteiger partial charge in [-0.2, -0.15) is 0 Å². The molecule has 0 aliphatic rings. The van der Waals surface area contributed by atoms with Crippen LogP contribution in [0.2, 0.25) is 5.02 Å². The Kier molecular flexibility index (Phi) is 7.98. The van der Waals surface area contributed by atoms with Crippen molar-refractivity contribution in [1.82, 2.24) is 14.8 Å². The van der Waals surface area contributed by atoms with Gasteiger partial charge in [0.2, 0.25) is 5.91 Å². The van der Waals surface area contributed by atoms with Crippen LogP contribution in [0.15, 0.2) is 41.6 Å². The fourth-order valence-corrected chi connectivity index (χ4v) is 4.18. The second kappa shape index (κ2) is 10.7. The second-order valence-corrected chi connectivity index (χ2v) is 8.79. The zero-order valence-corrected chi connectivity index (χ0v) is 19.8. The van der Waals surface area contributed by atoms with Gasteiger partial charge in [-0.3, -0.25) is 4.79 Å². The Morgan fingerprint density at radius 1 is 1.13 bits per heavy atom. The highest BCUT2D eigenvalue weighted by atomic mass is 35.5. The van der Waals surface area contributed by atoms with E-state index in [4.69, 9.17) is 16.3 Å². The monoisotopic (exact) mass is 458 g/mol. The van der Waals surface area contributed by atoms with Gasteiger partial charge in [-0.25, -0.2) is 0 Å². The van der Waals surface area contributed by atoms with E-state index in [0.29, 0.717) is 5.02 Å². The molecule has 3 rings (SSSR count). The highest BCUT2D eigenvalue weighted by molar-refractivity contribution is 7.99.